The molecule has 0 aliphatic carbocycles. The zero-order chi connectivity index (χ0) is 20.2. The molecule has 1 atom stereocenters. The van der Waals surface area contributed by atoms with E-state index in [1.165, 1.54) is 5.56 Å². The number of piperidine rings is 1. The van der Waals surface area contributed by atoms with E-state index in [2.05, 4.69) is 17.0 Å². The molecular weight excluding hydrogens is 388 g/mol. The van der Waals surface area contributed by atoms with Crippen LogP contribution in [0.3, 0.4) is 0 Å². The van der Waals surface area contributed by atoms with E-state index in [4.69, 9.17) is 26.3 Å². The van der Waals surface area contributed by atoms with Crippen LogP contribution in [0.2, 0.25) is 5.02 Å². The summed E-state index contributed by atoms with van der Waals surface area (Å²) in [5.41, 5.74) is 3.16. The van der Waals surface area contributed by atoms with Gasteiger partial charge in [0.15, 0.2) is 0 Å². The summed E-state index contributed by atoms with van der Waals surface area (Å²) < 4.78 is 11.7. The lowest BCUT2D eigenvalue weighted by atomic mass is 9.98. The molecule has 2 aliphatic rings. The predicted octanol–water partition coefficient (Wildman–Crippen LogP) is 3.92. The largest absolute Gasteiger partial charge is 0.492 e. The summed E-state index contributed by atoms with van der Waals surface area (Å²) in [6, 6.07) is 14.1. The highest BCUT2D eigenvalue weighted by molar-refractivity contribution is 6.31. The monoisotopic (exact) mass is 412 g/mol. The third kappa shape index (κ3) is 4.84. The van der Waals surface area contributed by atoms with E-state index >= 15 is 0 Å². The number of halogens is 1. The Kier molecular flexibility index (Phi) is 6.25. The third-order valence-corrected chi connectivity index (χ3v) is 5.80. The van der Waals surface area contributed by atoms with Gasteiger partial charge in [0.05, 0.1) is 12.7 Å². The average molecular weight is 413 g/mol. The molecule has 0 aromatic heterocycles. The Morgan fingerprint density at radius 3 is 2.90 bits per heavy atom. The number of hydrogen-bond donors (Lipinski definition) is 1. The molecule has 5 nitrogen and oxygen atoms in total. The highest BCUT2D eigenvalue weighted by atomic mass is 35.5. The van der Waals surface area contributed by atoms with Gasteiger partial charge in [0.2, 0.25) is 0 Å². The van der Waals surface area contributed by atoms with Crippen LogP contribution >= 0.6 is 11.6 Å². The van der Waals surface area contributed by atoms with E-state index in [-0.39, 0.29) is 12.5 Å². The molecule has 0 saturated carbocycles. The van der Waals surface area contributed by atoms with Gasteiger partial charge >= 0.3 is 0 Å². The van der Waals surface area contributed by atoms with Crippen molar-refractivity contribution in [3.63, 3.8) is 0 Å². The van der Waals surface area contributed by atoms with Crippen molar-refractivity contribution in [2.24, 2.45) is 5.92 Å². The van der Waals surface area contributed by atoms with Crippen LogP contribution in [0.25, 0.3) is 11.1 Å². The molecular formula is C23H25ClN2O3. The Morgan fingerprint density at radius 1 is 1.28 bits per heavy atom. The molecule has 2 heterocycles. The van der Waals surface area contributed by atoms with Crippen LogP contribution in [-0.4, -0.2) is 49.0 Å². The van der Waals surface area contributed by atoms with Crippen molar-refractivity contribution >= 4 is 11.6 Å². The van der Waals surface area contributed by atoms with Crippen molar-refractivity contribution in [2.45, 2.75) is 25.4 Å². The van der Waals surface area contributed by atoms with Crippen molar-refractivity contribution < 1.29 is 14.6 Å². The fraction of sp³-hybridized carbons (Fsp3) is 0.435. The summed E-state index contributed by atoms with van der Waals surface area (Å²) in [5, 5.41) is 20.0. The predicted molar refractivity (Wildman–Crippen MR) is 112 cm³/mol. The van der Waals surface area contributed by atoms with Gasteiger partial charge < -0.3 is 19.5 Å². The number of fused-ring (bicyclic) bond motifs is 1. The number of aliphatic hydroxyl groups is 1. The highest BCUT2D eigenvalue weighted by Gasteiger charge is 2.21. The number of likely N-dealkylation sites (tertiary alicyclic amines) is 1. The number of nitrogens with zero attached hydrogens (tertiary/aromatic N) is 2. The minimum atomic E-state index is -0.597. The van der Waals surface area contributed by atoms with Crippen LogP contribution in [0.1, 0.15) is 18.4 Å². The summed E-state index contributed by atoms with van der Waals surface area (Å²) in [7, 11) is 0. The van der Waals surface area contributed by atoms with Gasteiger partial charge in [0.1, 0.15) is 24.2 Å². The molecule has 0 bridgehead atoms. The first-order chi connectivity index (χ1) is 14.1. The Morgan fingerprint density at radius 2 is 2.10 bits per heavy atom. The minimum Gasteiger partial charge on any atom is -0.492 e. The Labute approximate surface area is 176 Å². The van der Waals surface area contributed by atoms with Crippen LogP contribution in [0.4, 0.5) is 0 Å². The van der Waals surface area contributed by atoms with Gasteiger partial charge in [-0.05, 0) is 55.3 Å². The van der Waals surface area contributed by atoms with Gasteiger partial charge in [-0.2, -0.15) is 5.26 Å². The highest BCUT2D eigenvalue weighted by Crippen LogP contribution is 2.39. The molecule has 1 fully saturated rings. The number of benzene rings is 2. The van der Waals surface area contributed by atoms with Crippen LogP contribution in [0.15, 0.2) is 36.4 Å². The molecule has 4 rings (SSSR count). The first-order valence-electron chi connectivity index (χ1n) is 10.1. The summed E-state index contributed by atoms with van der Waals surface area (Å²) in [6.07, 6.45) is 2.06. The van der Waals surface area contributed by atoms with Crippen LogP contribution in [0, 0.1) is 17.2 Å². The van der Waals surface area contributed by atoms with Crippen LogP contribution < -0.4 is 9.47 Å². The molecule has 29 heavy (non-hydrogen) atoms. The lowest BCUT2D eigenvalue weighted by Gasteiger charge is -2.30. The molecule has 1 unspecified atom stereocenters. The fourth-order valence-corrected chi connectivity index (χ4v) is 4.26. The SMILES string of the molecule is N#CC1CCN(CC(O)COc2cc(Cl)cc(-c3cccc4c3OCC4)c2)CC1. The van der Waals surface area contributed by atoms with Gasteiger partial charge in [0.25, 0.3) is 0 Å². The standard InChI is InChI=1S/C23H25ClN2O3/c24-19-10-18(22-3-1-2-17-6-9-28-23(17)22)11-21(12-19)29-15-20(27)14-26-7-4-16(13-25)5-8-26/h1-3,10-12,16,20,27H,4-9,14-15H2. The minimum absolute atomic E-state index is 0.146. The van der Waals surface area contributed by atoms with Gasteiger partial charge in [0, 0.05) is 29.5 Å². The molecule has 1 N–H and O–H groups in total. The van der Waals surface area contributed by atoms with E-state index < -0.39 is 6.10 Å². The molecule has 0 spiro atoms. The van der Waals surface area contributed by atoms with Crippen molar-refractivity contribution in [3.05, 3.63) is 47.0 Å². The summed E-state index contributed by atoms with van der Waals surface area (Å²) in [5.74, 6) is 1.69. The number of rotatable bonds is 6. The van der Waals surface area contributed by atoms with Gasteiger partial charge in [-0.1, -0.05) is 29.8 Å². The number of nitriles is 1. The molecule has 2 aliphatic heterocycles. The van der Waals surface area contributed by atoms with E-state index in [1.807, 2.05) is 24.3 Å². The van der Waals surface area contributed by atoms with Crippen LogP contribution in [-0.2, 0) is 6.42 Å². The molecule has 152 valence electrons. The number of β-amino-alcohol motifs (C(OH)–C–C–N with tert-alkyl or cyclic N) is 1. The topological polar surface area (TPSA) is 65.7 Å². The molecule has 2 aromatic carbocycles. The molecule has 0 radical (unpaired) electrons. The van der Waals surface area contributed by atoms with Crippen LogP contribution in [0.5, 0.6) is 11.5 Å². The number of hydrogen-bond acceptors (Lipinski definition) is 5. The smallest absolute Gasteiger partial charge is 0.130 e. The first-order valence-corrected chi connectivity index (χ1v) is 10.5. The van der Waals surface area contributed by atoms with Crippen molar-refractivity contribution in [3.8, 4) is 28.7 Å². The second-order valence-electron chi connectivity index (χ2n) is 7.74. The van der Waals surface area contributed by atoms with Crippen molar-refractivity contribution in [1.29, 1.82) is 5.26 Å². The molecule has 6 heteroatoms. The van der Waals surface area contributed by atoms with Crippen molar-refractivity contribution in [1.82, 2.24) is 4.90 Å². The number of ether oxygens (including phenoxy) is 2. The maximum absolute atomic E-state index is 10.4. The first kappa shape index (κ1) is 20.0. The van der Waals surface area contributed by atoms with Gasteiger partial charge in [-0.15, -0.1) is 0 Å². The number of para-hydroxylation sites is 1. The Balaban J connectivity index is 1.39. The third-order valence-electron chi connectivity index (χ3n) is 5.58. The Bertz CT molecular complexity index is 903. The zero-order valence-corrected chi connectivity index (χ0v) is 17.1. The quantitative estimate of drug-likeness (QED) is 0.779. The van der Waals surface area contributed by atoms with E-state index in [1.54, 1.807) is 6.07 Å². The van der Waals surface area contributed by atoms with Gasteiger partial charge in [-0.25, -0.2) is 0 Å². The Hall–Kier alpha value is -2.26. The molecule has 1 saturated heterocycles. The second-order valence-corrected chi connectivity index (χ2v) is 8.17. The molecule has 2 aromatic rings. The summed E-state index contributed by atoms with van der Waals surface area (Å²) >= 11 is 6.33. The van der Waals surface area contributed by atoms with E-state index in [0.717, 1.165) is 49.2 Å². The summed E-state index contributed by atoms with van der Waals surface area (Å²) in [6.45, 7) is 3.13. The van der Waals surface area contributed by atoms with E-state index in [9.17, 15) is 5.11 Å². The number of aliphatic hydroxyl groups excluding tert-OH is 1. The van der Waals surface area contributed by atoms with Gasteiger partial charge in [-0.3, -0.25) is 0 Å². The lowest BCUT2D eigenvalue weighted by molar-refractivity contribution is 0.0583. The maximum Gasteiger partial charge on any atom is 0.130 e. The maximum atomic E-state index is 10.4. The van der Waals surface area contributed by atoms with Crippen molar-refractivity contribution in [2.75, 3.05) is 32.8 Å². The average Bonchev–Trinajstić information content (AvgIpc) is 3.21. The lowest BCUT2D eigenvalue weighted by Crippen LogP contribution is -2.40. The normalized spacial score (nSPS) is 18.0. The van der Waals surface area contributed by atoms with E-state index in [0.29, 0.717) is 23.9 Å². The molecule has 0 amide bonds. The fourth-order valence-electron chi connectivity index (χ4n) is 4.03. The summed E-state index contributed by atoms with van der Waals surface area (Å²) in [4.78, 5) is 2.19. The second kappa shape index (κ2) is 9.04. The zero-order valence-electron chi connectivity index (χ0n) is 16.3.